The van der Waals surface area contributed by atoms with E-state index in [4.69, 9.17) is 0 Å². The predicted octanol–water partition coefficient (Wildman–Crippen LogP) is 4.01. The summed E-state index contributed by atoms with van der Waals surface area (Å²) in [7, 11) is 0. The zero-order valence-corrected chi connectivity index (χ0v) is 17.8. The topological polar surface area (TPSA) is 83.9 Å². The molecule has 162 valence electrons. The number of para-hydroxylation sites is 1. The number of rotatable bonds is 6. The third-order valence-corrected chi connectivity index (χ3v) is 6.23. The van der Waals surface area contributed by atoms with Gasteiger partial charge >= 0.3 is 0 Å². The first-order valence-corrected chi connectivity index (χ1v) is 11.1. The molecule has 32 heavy (non-hydrogen) atoms. The molecule has 1 saturated carbocycles. The Labute approximate surface area is 185 Å². The van der Waals surface area contributed by atoms with Crippen LogP contribution in [0.1, 0.15) is 25.7 Å². The molecule has 2 heterocycles. The molecule has 0 radical (unpaired) electrons. The molecule has 0 unspecified atom stereocenters. The summed E-state index contributed by atoms with van der Waals surface area (Å²) in [6.45, 7) is 0.823. The van der Waals surface area contributed by atoms with Crippen LogP contribution in [0.3, 0.4) is 0 Å². The van der Waals surface area contributed by atoms with Crippen molar-refractivity contribution in [3.63, 3.8) is 0 Å². The van der Waals surface area contributed by atoms with Crippen LogP contribution >= 0.6 is 0 Å². The third kappa shape index (κ3) is 4.06. The van der Waals surface area contributed by atoms with Gasteiger partial charge in [0, 0.05) is 24.0 Å². The second-order valence-electron chi connectivity index (χ2n) is 8.35. The molecule has 7 nitrogen and oxygen atoms in total. The molecular weight excluding hydrogens is 402 g/mol. The molecule has 0 atom stereocenters. The van der Waals surface area contributed by atoms with Crippen molar-refractivity contribution in [1.29, 1.82) is 0 Å². The van der Waals surface area contributed by atoms with E-state index < -0.39 is 0 Å². The normalized spacial score (nSPS) is 14.1. The van der Waals surface area contributed by atoms with Crippen LogP contribution in [0.5, 0.6) is 0 Å². The molecule has 1 fully saturated rings. The lowest BCUT2D eigenvalue weighted by molar-refractivity contribution is -0.119. The number of nitrogens with one attached hydrogen (secondary N) is 1. The van der Waals surface area contributed by atoms with Crippen molar-refractivity contribution < 1.29 is 4.79 Å². The molecule has 0 spiro atoms. The number of aromatic nitrogens is 4. The highest BCUT2D eigenvalue weighted by molar-refractivity contribution is 5.94. The summed E-state index contributed by atoms with van der Waals surface area (Å²) in [4.78, 5) is 30.1. The van der Waals surface area contributed by atoms with Crippen LogP contribution in [-0.4, -0.2) is 32.4 Å². The molecule has 7 heteroatoms. The molecule has 4 aromatic rings. The highest BCUT2D eigenvalue weighted by Gasteiger charge is 2.24. The van der Waals surface area contributed by atoms with Crippen LogP contribution in [0.15, 0.2) is 71.7 Å². The maximum Gasteiger partial charge on any atom is 0.255 e. The van der Waals surface area contributed by atoms with Gasteiger partial charge in [-0.2, -0.15) is 0 Å². The van der Waals surface area contributed by atoms with E-state index in [9.17, 15) is 9.59 Å². The summed E-state index contributed by atoms with van der Waals surface area (Å²) in [5.41, 5.74) is 3.77. The summed E-state index contributed by atoms with van der Waals surface area (Å²) < 4.78 is 1.66. The molecule has 1 aliphatic rings. The number of pyridine rings is 1. The van der Waals surface area contributed by atoms with Gasteiger partial charge in [-0.25, -0.2) is 4.68 Å². The Hall–Kier alpha value is -3.74. The summed E-state index contributed by atoms with van der Waals surface area (Å²) in [5.74, 6) is 0.487. The Morgan fingerprint density at radius 2 is 1.81 bits per heavy atom. The largest absolute Gasteiger partial charge is 0.329 e. The van der Waals surface area contributed by atoms with Crippen molar-refractivity contribution in [3.8, 4) is 11.1 Å². The molecule has 0 bridgehead atoms. The van der Waals surface area contributed by atoms with Crippen LogP contribution in [-0.2, 0) is 11.3 Å². The van der Waals surface area contributed by atoms with Gasteiger partial charge in [-0.15, -0.1) is 5.10 Å². The molecule has 1 amide bonds. The monoisotopic (exact) mass is 427 g/mol. The summed E-state index contributed by atoms with van der Waals surface area (Å²) in [6, 6.07) is 18.9. The Morgan fingerprint density at radius 3 is 2.59 bits per heavy atom. The number of carbonyl (C=O) groups excluding carboxylic acids is 1. The molecule has 0 aliphatic heterocycles. The first-order chi connectivity index (χ1) is 15.7. The lowest BCUT2D eigenvalue weighted by Gasteiger charge is -2.26. The number of aromatic amines is 1. The smallest absolute Gasteiger partial charge is 0.255 e. The highest BCUT2D eigenvalue weighted by Crippen LogP contribution is 2.29. The Kier molecular flexibility index (Phi) is 5.54. The number of benzene rings is 2. The second-order valence-corrected chi connectivity index (χ2v) is 8.35. The summed E-state index contributed by atoms with van der Waals surface area (Å²) in [5, 5.41) is 8.36. The summed E-state index contributed by atoms with van der Waals surface area (Å²) in [6.07, 6.45) is 6.35. The lowest BCUT2D eigenvalue weighted by atomic mass is 10.0. The Balaban J connectivity index is 1.43. The number of hydrogen-bond acceptors (Lipinski definition) is 4. The van der Waals surface area contributed by atoms with E-state index in [1.54, 1.807) is 16.9 Å². The van der Waals surface area contributed by atoms with Crippen molar-refractivity contribution in [1.82, 2.24) is 20.0 Å². The van der Waals surface area contributed by atoms with Gasteiger partial charge in [-0.1, -0.05) is 42.3 Å². The molecule has 2 aromatic heterocycles. The highest BCUT2D eigenvalue weighted by atomic mass is 16.2. The number of nitrogens with zero attached hydrogens (tertiary/aromatic N) is 4. The van der Waals surface area contributed by atoms with Gasteiger partial charge in [0.1, 0.15) is 12.1 Å². The van der Waals surface area contributed by atoms with Crippen molar-refractivity contribution >= 4 is 22.6 Å². The fourth-order valence-corrected chi connectivity index (χ4v) is 4.52. The van der Waals surface area contributed by atoms with Gasteiger partial charge in [0.25, 0.3) is 5.56 Å². The first-order valence-electron chi connectivity index (χ1n) is 11.1. The zero-order valence-electron chi connectivity index (χ0n) is 17.8. The van der Waals surface area contributed by atoms with Crippen LogP contribution in [0.25, 0.3) is 22.2 Å². The van der Waals surface area contributed by atoms with E-state index in [2.05, 4.69) is 15.3 Å². The minimum Gasteiger partial charge on any atom is -0.329 e. The minimum atomic E-state index is -0.128. The number of hydrogen-bond donors (Lipinski definition) is 1. The van der Waals surface area contributed by atoms with E-state index in [1.807, 2.05) is 59.5 Å². The predicted molar refractivity (Wildman–Crippen MR) is 124 cm³/mol. The van der Waals surface area contributed by atoms with Crippen molar-refractivity contribution in [2.45, 2.75) is 32.2 Å². The fourth-order valence-electron chi connectivity index (χ4n) is 4.52. The lowest BCUT2D eigenvalue weighted by Crippen LogP contribution is -2.37. The quantitative estimate of drug-likeness (QED) is 0.504. The Morgan fingerprint density at radius 1 is 1.03 bits per heavy atom. The fraction of sp³-hybridized carbons (Fsp3) is 0.280. The van der Waals surface area contributed by atoms with Gasteiger partial charge < -0.3 is 9.88 Å². The van der Waals surface area contributed by atoms with Gasteiger partial charge in [0.15, 0.2) is 0 Å². The third-order valence-electron chi connectivity index (χ3n) is 6.23. The molecule has 1 N–H and O–H groups in total. The number of carbonyl (C=O) groups is 1. The molecule has 5 rings (SSSR count). The minimum absolute atomic E-state index is 0.0159. The van der Waals surface area contributed by atoms with E-state index in [0.29, 0.717) is 18.0 Å². The number of anilines is 1. The van der Waals surface area contributed by atoms with Crippen LogP contribution in [0, 0.1) is 5.92 Å². The van der Waals surface area contributed by atoms with Crippen molar-refractivity contribution in [2.75, 3.05) is 11.4 Å². The standard InChI is InChI=1S/C25H25N5O2/c31-24(17-30-23-10-4-3-9-22(23)27-28-30)29(16-18-6-1-2-7-18)20-13-11-19(12-14-20)21-8-5-15-26-25(21)32/h3-5,8-15,18H,1-2,6-7,16-17H2,(H,26,32). The van der Waals surface area contributed by atoms with Crippen molar-refractivity contribution in [2.24, 2.45) is 5.92 Å². The van der Waals surface area contributed by atoms with Crippen molar-refractivity contribution in [3.05, 3.63) is 77.2 Å². The van der Waals surface area contributed by atoms with Crippen LogP contribution < -0.4 is 10.5 Å². The Bertz CT molecular complexity index is 1290. The van der Waals surface area contributed by atoms with E-state index in [0.717, 1.165) is 35.1 Å². The van der Waals surface area contributed by atoms with Gasteiger partial charge in [-0.3, -0.25) is 9.59 Å². The van der Waals surface area contributed by atoms with Gasteiger partial charge in [0.05, 0.1) is 5.52 Å². The van der Waals surface area contributed by atoms with Gasteiger partial charge in [-0.05, 0) is 60.7 Å². The molecule has 1 aliphatic carbocycles. The maximum atomic E-state index is 13.4. The number of H-pyrrole nitrogens is 1. The van der Waals surface area contributed by atoms with Crippen LogP contribution in [0.2, 0.25) is 0 Å². The van der Waals surface area contributed by atoms with E-state index >= 15 is 0 Å². The first kappa shape index (κ1) is 20.2. The summed E-state index contributed by atoms with van der Waals surface area (Å²) >= 11 is 0. The SMILES string of the molecule is O=C(Cn1nnc2ccccc21)N(CC1CCCC1)c1ccc(-c2ccc[nH]c2=O)cc1. The molecule has 0 saturated heterocycles. The maximum absolute atomic E-state index is 13.4. The average Bonchev–Trinajstić information content (AvgIpc) is 3.48. The second kappa shape index (κ2) is 8.78. The van der Waals surface area contributed by atoms with Crippen LogP contribution in [0.4, 0.5) is 5.69 Å². The zero-order chi connectivity index (χ0) is 21.9. The van der Waals surface area contributed by atoms with E-state index in [1.165, 1.54) is 12.8 Å². The van der Waals surface area contributed by atoms with Gasteiger partial charge in [0.2, 0.25) is 5.91 Å². The molecular formula is C25H25N5O2. The number of amides is 1. The van der Waals surface area contributed by atoms with E-state index in [-0.39, 0.29) is 18.0 Å². The average molecular weight is 428 g/mol. The number of fused-ring (bicyclic) bond motifs is 1. The molecule has 2 aromatic carbocycles.